The summed E-state index contributed by atoms with van der Waals surface area (Å²) >= 11 is 0. The van der Waals surface area contributed by atoms with Crippen LogP contribution in [0.4, 0.5) is 4.39 Å². The van der Waals surface area contributed by atoms with E-state index in [1.807, 2.05) is 0 Å². The zero-order chi connectivity index (χ0) is 10.1. The van der Waals surface area contributed by atoms with Crippen molar-refractivity contribution in [2.24, 2.45) is 0 Å². The lowest BCUT2D eigenvalue weighted by Crippen LogP contribution is -2.01. The molecule has 0 spiro atoms. The lowest BCUT2D eigenvalue weighted by atomic mass is 10.1. The predicted octanol–water partition coefficient (Wildman–Crippen LogP) is 1.21. The summed E-state index contributed by atoms with van der Waals surface area (Å²) in [7, 11) is 0. The second-order valence-electron chi connectivity index (χ2n) is 2.81. The molecular formula is C9H7FN2O2. The average molecular weight is 194 g/mol. The SMILES string of the molecule is O=c1[nH][nH]c(O)c1-c1ccc(F)cc1. The van der Waals surface area contributed by atoms with E-state index in [1.54, 1.807) is 0 Å². The molecule has 2 aromatic rings. The molecule has 0 unspecified atom stereocenters. The smallest absolute Gasteiger partial charge is 0.275 e. The quantitative estimate of drug-likeness (QED) is 0.638. The Hall–Kier alpha value is -2.04. The van der Waals surface area contributed by atoms with Gasteiger partial charge >= 0.3 is 0 Å². The van der Waals surface area contributed by atoms with Crippen molar-refractivity contribution in [3.05, 3.63) is 40.4 Å². The number of aromatic nitrogens is 2. The van der Waals surface area contributed by atoms with Gasteiger partial charge in [0.1, 0.15) is 11.4 Å². The van der Waals surface area contributed by atoms with Crippen LogP contribution in [0.1, 0.15) is 0 Å². The number of hydrogen-bond acceptors (Lipinski definition) is 2. The third-order valence-corrected chi connectivity index (χ3v) is 1.89. The number of aromatic hydroxyl groups is 1. The van der Waals surface area contributed by atoms with Gasteiger partial charge in [0.25, 0.3) is 5.56 Å². The first-order chi connectivity index (χ1) is 6.68. The minimum absolute atomic E-state index is 0.116. The molecule has 72 valence electrons. The van der Waals surface area contributed by atoms with Crippen LogP contribution in [0.3, 0.4) is 0 Å². The van der Waals surface area contributed by atoms with Gasteiger partial charge in [-0.05, 0) is 17.7 Å². The Bertz CT molecular complexity index is 498. The molecule has 2 rings (SSSR count). The van der Waals surface area contributed by atoms with Crippen molar-refractivity contribution in [3.8, 4) is 17.0 Å². The number of benzene rings is 1. The summed E-state index contributed by atoms with van der Waals surface area (Å²) in [5.74, 6) is -0.637. The van der Waals surface area contributed by atoms with Gasteiger partial charge in [0, 0.05) is 0 Å². The maximum atomic E-state index is 12.6. The third kappa shape index (κ3) is 1.28. The molecule has 0 amide bonds. The van der Waals surface area contributed by atoms with Crippen LogP contribution in [0.15, 0.2) is 29.1 Å². The molecule has 14 heavy (non-hydrogen) atoms. The maximum absolute atomic E-state index is 12.6. The Morgan fingerprint density at radius 1 is 1.14 bits per heavy atom. The number of H-pyrrole nitrogens is 2. The second-order valence-corrected chi connectivity index (χ2v) is 2.81. The van der Waals surface area contributed by atoms with E-state index in [9.17, 15) is 14.3 Å². The van der Waals surface area contributed by atoms with Crippen molar-refractivity contribution in [1.29, 1.82) is 0 Å². The van der Waals surface area contributed by atoms with Crippen LogP contribution < -0.4 is 5.56 Å². The fraction of sp³-hybridized carbons (Fsp3) is 0. The van der Waals surface area contributed by atoms with Gasteiger partial charge in [-0.25, -0.2) is 4.39 Å². The van der Waals surface area contributed by atoms with Crippen molar-refractivity contribution in [2.45, 2.75) is 0 Å². The molecule has 1 aromatic heterocycles. The fourth-order valence-corrected chi connectivity index (χ4v) is 1.23. The van der Waals surface area contributed by atoms with Crippen LogP contribution in [0.25, 0.3) is 11.1 Å². The maximum Gasteiger partial charge on any atom is 0.275 e. The van der Waals surface area contributed by atoms with Crippen LogP contribution in [0.5, 0.6) is 5.88 Å². The van der Waals surface area contributed by atoms with E-state index < -0.39 is 5.56 Å². The van der Waals surface area contributed by atoms with E-state index in [4.69, 9.17) is 0 Å². The molecule has 0 atom stereocenters. The molecule has 0 aliphatic rings. The van der Waals surface area contributed by atoms with E-state index in [0.717, 1.165) is 0 Å². The van der Waals surface area contributed by atoms with E-state index in [2.05, 4.69) is 10.2 Å². The summed E-state index contributed by atoms with van der Waals surface area (Å²) in [5.41, 5.74) is 0.144. The number of halogens is 1. The number of rotatable bonds is 1. The predicted molar refractivity (Wildman–Crippen MR) is 48.5 cm³/mol. The van der Waals surface area contributed by atoms with Crippen LogP contribution in [0, 0.1) is 5.82 Å². The lowest BCUT2D eigenvalue weighted by Gasteiger charge is -1.96. The van der Waals surface area contributed by atoms with Gasteiger partial charge in [-0.15, -0.1) is 0 Å². The number of nitrogens with one attached hydrogen (secondary N) is 2. The van der Waals surface area contributed by atoms with Gasteiger partial charge < -0.3 is 5.11 Å². The summed E-state index contributed by atoms with van der Waals surface area (Å²) < 4.78 is 12.6. The largest absolute Gasteiger partial charge is 0.493 e. The molecule has 3 N–H and O–H groups in total. The van der Waals surface area contributed by atoms with Gasteiger partial charge in [-0.1, -0.05) is 12.1 Å². The van der Waals surface area contributed by atoms with Crippen molar-refractivity contribution < 1.29 is 9.50 Å². The number of aromatic amines is 2. The van der Waals surface area contributed by atoms with Crippen LogP contribution in [-0.2, 0) is 0 Å². The Kier molecular flexibility index (Phi) is 1.85. The molecular weight excluding hydrogens is 187 g/mol. The Labute approximate surface area is 78.0 Å². The molecule has 0 aliphatic carbocycles. The monoisotopic (exact) mass is 194 g/mol. The standard InChI is InChI=1S/C9H7FN2O2/c10-6-3-1-5(2-4-6)7-8(13)11-12-9(7)14/h1-4H,(H3,11,12,13,14). The summed E-state index contributed by atoms with van der Waals surface area (Å²) in [6, 6.07) is 5.30. The second kappa shape index (κ2) is 3.02. The third-order valence-electron chi connectivity index (χ3n) is 1.89. The molecule has 0 bridgehead atoms. The molecule has 0 aliphatic heterocycles. The number of hydrogen-bond donors (Lipinski definition) is 3. The zero-order valence-electron chi connectivity index (χ0n) is 7.04. The highest BCUT2D eigenvalue weighted by Crippen LogP contribution is 2.22. The Morgan fingerprint density at radius 3 is 2.29 bits per heavy atom. The van der Waals surface area contributed by atoms with Crippen molar-refractivity contribution in [1.82, 2.24) is 10.2 Å². The molecule has 0 fully saturated rings. The Morgan fingerprint density at radius 2 is 1.79 bits per heavy atom. The zero-order valence-corrected chi connectivity index (χ0v) is 7.04. The first-order valence-electron chi connectivity index (χ1n) is 3.94. The Balaban J connectivity index is 2.60. The first kappa shape index (κ1) is 8.55. The summed E-state index contributed by atoms with van der Waals surface area (Å²) in [6.07, 6.45) is 0. The highest BCUT2D eigenvalue weighted by atomic mass is 19.1. The van der Waals surface area contributed by atoms with Gasteiger partial charge in [-0.3, -0.25) is 15.0 Å². The van der Waals surface area contributed by atoms with Gasteiger partial charge in [0.2, 0.25) is 5.88 Å². The van der Waals surface area contributed by atoms with Crippen molar-refractivity contribution in [3.63, 3.8) is 0 Å². The minimum atomic E-state index is -0.436. The minimum Gasteiger partial charge on any atom is -0.493 e. The van der Waals surface area contributed by atoms with Gasteiger partial charge in [0.05, 0.1) is 0 Å². The fourth-order valence-electron chi connectivity index (χ4n) is 1.23. The molecule has 1 aromatic carbocycles. The molecule has 0 saturated carbocycles. The summed E-state index contributed by atoms with van der Waals surface area (Å²) in [6.45, 7) is 0. The normalized spacial score (nSPS) is 10.4. The summed E-state index contributed by atoms with van der Waals surface area (Å²) in [5, 5.41) is 13.8. The molecule has 0 radical (unpaired) electrons. The van der Waals surface area contributed by atoms with E-state index in [0.29, 0.717) is 5.56 Å². The molecule has 4 nitrogen and oxygen atoms in total. The highest BCUT2D eigenvalue weighted by molar-refractivity contribution is 5.67. The van der Waals surface area contributed by atoms with E-state index in [-0.39, 0.29) is 17.3 Å². The van der Waals surface area contributed by atoms with Gasteiger partial charge in [0.15, 0.2) is 0 Å². The van der Waals surface area contributed by atoms with Crippen LogP contribution >= 0.6 is 0 Å². The van der Waals surface area contributed by atoms with Crippen LogP contribution in [0.2, 0.25) is 0 Å². The van der Waals surface area contributed by atoms with Gasteiger partial charge in [-0.2, -0.15) is 0 Å². The first-order valence-corrected chi connectivity index (χ1v) is 3.94. The highest BCUT2D eigenvalue weighted by Gasteiger charge is 2.10. The van der Waals surface area contributed by atoms with E-state index in [1.165, 1.54) is 24.3 Å². The molecule has 1 heterocycles. The molecule has 0 saturated heterocycles. The summed E-state index contributed by atoms with van der Waals surface area (Å²) in [4.78, 5) is 11.2. The van der Waals surface area contributed by atoms with Crippen molar-refractivity contribution >= 4 is 0 Å². The van der Waals surface area contributed by atoms with Crippen LogP contribution in [-0.4, -0.2) is 15.3 Å². The topological polar surface area (TPSA) is 68.9 Å². The lowest BCUT2D eigenvalue weighted by molar-refractivity contribution is 0.454. The van der Waals surface area contributed by atoms with Crippen molar-refractivity contribution in [2.75, 3.05) is 0 Å². The molecule has 5 heteroatoms. The average Bonchev–Trinajstić information content (AvgIpc) is 2.49. The van der Waals surface area contributed by atoms with E-state index >= 15 is 0 Å².